The van der Waals surface area contributed by atoms with E-state index in [1.807, 2.05) is 0 Å². The van der Waals surface area contributed by atoms with Crippen molar-refractivity contribution in [1.29, 1.82) is 0 Å². The quantitative estimate of drug-likeness (QED) is 0.401. The maximum absolute atomic E-state index is 2.60. The van der Waals surface area contributed by atoms with Crippen LogP contribution in [0.25, 0.3) is 0 Å². The second-order valence-electron chi connectivity index (χ2n) is 2.74. The minimum atomic E-state index is 1.08. The summed E-state index contributed by atoms with van der Waals surface area (Å²) in [6.45, 7) is 1.25. The van der Waals surface area contributed by atoms with Gasteiger partial charge in [-0.15, -0.1) is 0 Å². The predicted octanol–water partition coefficient (Wildman–Crippen LogP) is 0.0117. The van der Waals surface area contributed by atoms with Crippen LogP contribution in [0.2, 0.25) is 5.32 Å². The molecule has 0 aliphatic rings. The predicted molar refractivity (Wildman–Crippen MR) is 34.9 cm³/mol. The van der Waals surface area contributed by atoms with E-state index in [1.54, 1.807) is 0 Å². The van der Waals surface area contributed by atoms with Gasteiger partial charge in [0.15, 0.2) is 0 Å². The Labute approximate surface area is 54.1 Å². The van der Waals surface area contributed by atoms with Crippen LogP contribution in [0.15, 0.2) is 0 Å². The molecule has 0 bridgehead atoms. The summed E-state index contributed by atoms with van der Waals surface area (Å²) in [5, 5.41) is 1.22. The Bertz CT molecular complexity index is 46.5. The van der Waals surface area contributed by atoms with Gasteiger partial charge in [-0.05, 0) is 0 Å². The Hall–Kier alpha value is 0.479. The van der Waals surface area contributed by atoms with E-state index >= 15 is 0 Å². The molecule has 0 amide bonds. The number of nitrogens with zero attached hydrogens (tertiary/aromatic N) is 1. The molecule has 44 valence electrons. The maximum atomic E-state index is 2.60. The van der Waals surface area contributed by atoms with Crippen molar-refractivity contribution in [2.45, 2.75) is 5.32 Å². The summed E-state index contributed by atoms with van der Waals surface area (Å²) in [7, 11) is 6.61. The molecule has 0 rings (SSSR count). The molecule has 0 aliphatic carbocycles. The van der Waals surface area contributed by atoms with Crippen molar-refractivity contribution in [2.24, 2.45) is 0 Å². The second kappa shape index (κ2) is 2.71. The number of hydrogen-bond donors (Lipinski definition) is 0. The van der Waals surface area contributed by atoms with Crippen molar-refractivity contribution in [3.63, 3.8) is 0 Å². The second-order valence-corrected chi connectivity index (χ2v) is 3.68. The molecule has 0 spiro atoms. The van der Waals surface area contributed by atoms with Crippen LogP contribution in [0, 0.1) is 0 Å². The Morgan fingerprint density at radius 3 is 1.71 bits per heavy atom. The van der Waals surface area contributed by atoms with E-state index in [4.69, 9.17) is 0 Å². The average molecular weight is 167 g/mol. The van der Waals surface area contributed by atoms with Crippen LogP contribution in [0.1, 0.15) is 0 Å². The number of rotatable bonds is 2. The van der Waals surface area contributed by atoms with Gasteiger partial charge in [0, 0.05) is 0 Å². The first-order valence-corrected chi connectivity index (χ1v) is 3.80. The van der Waals surface area contributed by atoms with Crippen molar-refractivity contribution in [3.8, 4) is 0 Å². The molecular weight excluding hydrogens is 153 g/mol. The fourth-order valence-corrected chi connectivity index (χ4v) is 1.56. The molecular formula is C5H14NSe+. The first kappa shape index (κ1) is 7.48. The molecule has 0 radical (unpaired) electrons. The standard InChI is InChI=1S/C5H13NSe/c1-6(2,3)4-5-7/h4-5H2,1-3H3/p+1. The number of quaternary nitrogens is 1. The third-order valence-electron chi connectivity index (χ3n) is 0.771. The average Bonchev–Trinajstić information content (AvgIpc) is 1.30. The summed E-state index contributed by atoms with van der Waals surface area (Å²) < 4.78 is 1.08. The fraction of sp³-hybridized carbons (Fsp3) is 1.00. The van der Waals surface area contributed by atoms with E-state index in [-0.39, 0.29) is 0 Å². The molecule has 7 heavy (non-hydrogen) atoms. The normalized spacial score (nSPS) is 12.0. The summed E-state index contributed by atoms with van der Waals surface area (Å²) in [5.74, 6) is 0. The van der Waals surface area contributed by atoms with Gasteiger partial charge < -0.3 is 0 Å². The first-order valence-electron chi connectivity index (χ1n) is 2.47. The summed E-state index contributed by atoms with van der Waals surface area (Å²) >= 11 is 2.60. The molecule has 0 aromatic rings. The van der Waals surface area contributed by atoms with Gasteiger partial charge in [-0.1, -0.05) is 0 Å². The summed E-state index contributed by atoms with van der Waals surface area (Å²) in [4.78, 5) is 0. The molecule has 0 heterocycles. The molecule has 0 fully saturated rings. The molecule has 0 unspecified atom stereocenters. The molecule has 2 heteroatoms. The minimum absolute atomic E-state index is 1.08. The first-order chi connectivity index (χ1) is 3.06. The van der Waals surface area contributed by atoms with Crippen molar-refractivity contribution in [1.82, 2.24) is 0 Å². The van der Waals surface area contributed by atoms with E-state index in [0.717, 1.165) is 4.48 Å². The van der Waals surface area contributed by atoms with Crippen LogP contribution in [-0.4, -0.2) is 48.2 Å². The SMILES string of the molecule is C[N+](C)(C)CC[SeH]. The Balaban J connectivity index is 3.15. The Morgan fingerprint density at radius 1 is 1.29 bits per heavy atom. The van der Waals surface area contributed by atoms with Gasteiger partial charge in [-0.3, -0.25) is 0 Å². The van der Waals surface area contributed by atoms with Gasteiger partial charge in [0.05, 0.1) is 0 Å². The van der Waals surface area contributed by atoms with E-state index in [0.29, 0.717) is 0 Å². The van der Waals surface area contributed by atoms with Crippen LogP contribution in [0.3, 0.4) is 0 Å². The van der Waals surface area contributed by atoms with Crippen LogP contribution in [-0.2, 0) is 0 Å². The molecule has 0 atom stereocenters. The molecule has 0 saturated heterocycles. The number of hydrogen-bond acceptors (Lipinski definition) is 0. The van der Waals surface area contributed by atoms with E-state index in [9.17, 15) is 0 Å². The van der Waals surface area contributed by atoms with Crippen LogP contribution < -0.4 is 0 Å². The summed E-state index contributed by atoms with van der Waals surface area (Å²) in [5.41, 5.74) is 0. The zero-order chi connectivity index (χ0) is 5.91. The molecule has 0 N–H and O–H groups in total. The van der Waals surface area contributed by atoms with Crippen molar-refractivity contribution < 1.29 is 4.48 Å². The van der Waals surface area contributed by atoms with Gasteiger partial charge in [0.25, 0.3) is 0 Å². The van der Waals surface area contributed by atoms with Crippen LogP contribution in [0.5, 0.6) is 0 Å². The topological polar surface area (TPSA) is 0 Å². The molecule has 0 aromatic heterocycles. The zero-order valence-corrected chi connectivity index (χ0v) is 7.19. The summed E-state index contributed by atoms with van der Waals surface area (Å²) in [6.07, 6.45) is 0. The molecule has 0 aromatic carbocycles. The van der Waals surface area contributed by atoms with Crippen molar-refractivity contribution in [2.75, 3.05) is 27.7 Å². The van der Waals surface area contributed by atoms with Crippen LogP contribution >= 0.6 is 0 Å². The summed E-state index contributed by atoms with van der Waals surface area (Å²) in [6, 6.07) is 0. The van der Waals surface area contributed by atoms with Gasteiger partial charge in [-0.25, -0.2) is 0 Å². The third-order valence-corrected chi connectivity index (χ3v) is 1.19. The van der Waals surface area contributed by atoms with Gasteiger partial charge in [0.2, 0.25) is 0 Å². The zero-order valence-electron chi connectivity index (χ0n) is 5.31. The van der Waals surface area contributed by atoms with E-state index in [1.165, 1.54) is 11.9 Å². The molecule has 0 aliphatic heterocycles. The monoisotopic (exact) mass is 168 g/mol. The Kier molecular flexibility index (Phi) is 2.89. The van der Waals surface area contributed by atoms with Crippen molar-refractivity contribution >= 4 is 16.0 Å². The van der Waals surface area contributed by atoms with E-state index < -0.39 is 0 Å². The third kappa shape index (κ3) is 6.48. The van der Waals surface area contributed by atoms with Gasteiger partial charge >= 0.3 is 53.5 Å². The van der Waals surface area contributed by atoms with Crippen molar-refractivity contribution in [3.05, 3.63) is 0 Å². The van der Waals surface area contributed by atoms with Gasteiger partial charge in [0.1, 0.15) is 0 Å². The Morgan fingerprint density at radius 2 is 1.71 bits per heavy atom. The van der Waals surface area contributed by atoms with E-state index in [2.05, 4.69) is 37.2 Å². The van der Waals surface area contributed by atoms with Crippen LogP contribution in [0.4, 0.5) is 0 Å². The fourth-order valence-electron chi connectivity index (χ4n) is 0.300. The van der Waals surface area contributed by atoms with Gasteiger partial charge in [-0.2, -0.15) is 0 Å². The molecule has 0 saturated carbocycles. The molecule has 1 nitrogen and oxygen atoms in total.